The molecule has 0 atom stereocenters. The van der Waals surface area contributed by atoms with Gasteiger partial charge in [0.25, 0.3) is 5.95 Å². The Morgan fingerprint density at radius 1 is 0.714 bits per heavy atom. The molecule has 0 spiro atoms. The molecule has 0 aliphatic rings. The summed E-state index contributed by atoms with van der Waals surface area (Å²) in [6.07, 6.45) is -5.04. The van der Waals surface area contributed by atoms with E-state index >= 15 is 0 Å². The van der Waals surface area contributed by atoms with E-state index < -0.39 is 12.1 Å². The molecular formula is C23H15F3N6OS2. The Morgan fingerprint density at radius 2 is 1.23 bits per heavy atom. The number of amides is 1. The van der Waals surface area contributed by atoms with Crippen LogP contribution in [0.4, 0.5) is 30.5 Å². The molecule has 7 nitrogen and oxygen atoms in total. The number of aromatic nitrogens is 3. The molecule has 0 unspecified atom stereocenters. The molecule has 0 fully saturated rings. The molecule has 12 heteroatoms. The summed E-state index contributed by atoms with van der Waals surface area (Å²) in [5, 5.41) is 10.5. The third-order valence-electron chi connectivity index (χ3n) is 4.14. The Hall–Kier alpha value is -3.77. The summed E-state index contributed by atoms with van der Waals surface area (Å²) in [5.41, 5.74) is -0.134. The minimum Gasteiger partial charge on any atom is -0.316 e. The zero-order chi connectivity index (χ0) is 24.7. The van der Waals surface area contributed by atoms with Crippen LogP contribution in [-0.2, 0) is 4.79 Å². The summed E-state index contributed by atoms with van der Waals surface area (Å²) in [5.74, 6) is -2.14. The maximum atomic E-state index is 12.7. The molecule has 4 rings (SSSR count). The molecule has 0 saturated heterocycles. The van der Waals surface area contributed by atoms with E-state index in [2.05, 4.69) is 25.2 Å². The van der Waals surface area contributed by atoms with Crippen LogP contribution in [0.1, 0.15) is 0 Å². The van der Waals surface area contributed by atoms with Crippen molar-refractivity contribution in [2.75, 3.05) is 5.32 Å². The highest BCUT2D eigenvalue weighted by atomic mass is 32.2. The number of hydrogen-bond donors (Lipinski definition) is 1. The van der Waals surface area contributed by atoms with E-state index in [1.807, 2.05) is 60.7 Å². The second-order valence-corrected chi connectivity index (χ2v) is 8.78. The Bertz CT molecular complexity index is 1280. The summed E-state index contributed by atoms with van der Waals surface area (Å²) in [6.45, 7) is 0. The lowest BCUT2D eigenvalue weighted by Crippen LogP contribution is -2.29. The lowest BCUT2D eigenvalue weighted by atomic mass is 10.2. The summed E-state index contributed by atoms with van der Waals surface area (Å²) in [6, 6.07) is 24.7. The molecule has 3 aromatic carbocycles. The second kappa shape index (κ2) is 11.1. The van der Waals surface area contributed by atoms with Crippen molar-refractivity contribution < 1.29 is 18.0 Å². The molecule has 0 aliphatic heterocycles. The monoisotopic (exact) mass is 512 g/mol. The highest BCUT2D eigenvalue weighted by Gasteiger charge is 2.39. The average Bonchev–Trinajstić information content (AvgIpc) is 2.84. The minimum absolute atomic E-state index is 0.0139. The first-order chi connectivity index (χ1) is 16.9. The van der Waals surface area contributed by atoms with Gasteiger partial charge in [0, 0.05) is 9.79 Å². The van der Waals surface area contributed by atoms with Gasteiger partial charge in [-0.15, -0.1) is 10.2 Å². The summed E-state index contributed by atoms with van der Waals surface area (Å²) in [7, 11) is 0. The fourth-order valence-electron chi connectivity index (χ4n) is 2.61. The maximum absolute atomic E-state index is 12.7. The van der Waals surface area contributed by atoms with Gasteiger partial charge in [-0.05, 0) is 59.9 Å². The summed E-state index contributed by atoms with van der Waals surface area (Å²) < 4.78 is 38.0. The summed E-state index contributed by atoms with van der Waals surface area (Å²) >= 11 is 2.61. The van der Waals surface area contributed by atoms with Crippen LogP contribution in [0, 0.1) is 0 Å². The molecule has 1 amide bonds. The van der Waals surface area contributed by atoms with E-state index in [0.29, 0.717) is 10.3 Å². The quantitative estimate of drug-likeness (QED) is 0.266. The highest BCUT2D eigenvalue weighted by molar-refractivity contribution is 7.99. The van der Waals surface area contributed by atoms with Gasteiger partial charge >= 0.3 is 12.1 Å². The van der Waals surface area contributed by atoms with Crippen LogP contribution >= 0.6 is 23.5 Å². The van der Waals surface area contributed by atoms with Crippen molar-refractivity contribution in [1.29, 1.82) is 0 Å². The van der Waals surface area contributed by atoms with Gasteiger partial charge in [0.15, 0.2) is 10.3 Å². The van der Waals surface area contributed by atoms with Gasteiger partial charge in [0.2, 0.25) is 0 Å². The van der Waals surface area contributed by atoms with Crippen molar-refractivity contribution in [3.8, 4) is 0 Å². The van der Waals surface area contributed by atoms with Gasteiger partial charge in [0.1, 0.15) is 5.69 Å². The van der Waals surface area contributed by atoms with Crippen LogP contribution in [0.5, 0.6) is 0 Å². The van der Waals surface area contributed by atoms with Gasteiger partial charge in [-0.25, -0.2) is 0 Å². The Morgan fingerprint density at radius 3 is 1.77 bits per heavy atom. The number of carbonyl (C=O) groups is 1. The minimum atomic E-state index is -5.04. The topological polar surface area (TPSA) is 92.5 Å². The Kier molecular flexibility index (Phi) is 7.73. The first kappa shape index (κ1) is 24.4. The fourth-order valence-corrected chi connectivity index (χ4v) is 4.19. The molecule has 0 aliphatic carbocycles. The van der Waals surface area contributed by atoms with Gasteiger partial charge < -0.3 is 5.32 Å². The third-order valence-corrected chi connectivity index (χ3v) is 5.89. The Labute approximate surface area is 206 Å². The van der Waals surface area contributed by atoms with Gasteiger partial charge in [-0.1, -0.05) is 48.5 Å². The number of alkyl halides is 3. The second-order valence-electron chi connectivity index (χ2n) is 6.70. The van der Waals surface area contributed by atoms with Crippen LogP contribution < -0.4 is 5.32 Å². The number of hydrogen-bond acceptors (Lipinski definition) is 8. The summed E-state index contributed by atoms with van der Waals surface area (Å²) in [4.78, 5) is 26.3. The van der Waals surface area contributed by atoms with Crippen molar-refractivity contribution in [3.05, 3.63) is 84.9 Å². The van der Waals surface area contributed by atoms with E-state index in [-0.39, 0.29) is 17.3 Å². The molecule has 0 radical (unpaired) electrons. The number of nitrogens with one attached hydrogen (secondary N) is 1. The molecular weight excluding hydrogens is 497 g/mol. The van der Waals surface area contributed by atoms with Gasteiger partial charge in [-0.2, -0.15) is 28.1 Å². The van der Waals surface area contributed by atoms with Crippen molar-refractivity contribution >= 4 is 46.8 Å². The number of benzene rings is 3. The smallest absolute Gasteiger partial charge is 0.316 e. The van der Waals surface area contributed by atoms with Crippen molar-refractivity contribution in [2.45, 2.75) is 26.3 Å². The van der Waals surface area contributed by atoms with E-state index in [0.717, 1.165) is 9.79 Å². The molecule has 1 aromatic heterocycles. The molecule has 0 saturated carbocycles. The lowest BCUT2D eigenvalue weighted by molar-refractivity contribution is -0.167. The molecule has 1 heterocycles. The number of anilines is 1. The predicted molar refractivity (Wildman–Crippen MR) is 126 cm³/mol. The average molecular weight is 513 g/mol. The van der Waals surface area contributed by atoms with E-state index in [1.54, 1.807) is 11.4 Å². The first-order valence-electron chi connectivity index (χ1n) is 9.98. The van der Waals surface area contributed by atoms with E-state index in [9.17, 15) is 18.0 Å². The molecule has 4 aromatic rings. The Balaban J connectivity index is 1.64. The van der Waals surface area contributed by atoms with Crippen LogP contribution in [0.25, 0.3) is 0 Å². The number of nitrogens with zero attached hydrogens (tertiary/aromatic N) is 5. The first-order valence-corrected chi connectivity index (χ1v) is 11.6. The number of azo groups is 1. The number of para-hydroxylation sites is 1. The zero-order valence-electron chi connectivity index (χ0n) is 17.7. The SMILES string of the molecule is O=C(Nc1ccccc1N=Nc1nc(Sc2ccccc2)nc(Sc2ccccc2)n1)C(F)(F)F. The number of carbonyl (C=O) groups excluding carboxylic acids is 1. The van der Waals surface area contributed by atoms with Crippen LogP contribution in [-0.4, -0.2) is 27.0 Å². The zero-order valence-corrected chi connectivity index (χ0v) is 19.3. The molecule has 1 N–H and O–H groups in total. The van der Waals surface area contributed by atoms with Crippen LogP contribution in [0.3, 0.4) is 0 Å². The van der Waals surface area contributed by atoms with Gasteiger partial charge in [0.05, 0.1) is 5.69 Å². The third kappa shape index (κ3) is 7.11. The van der Waals surface area contributed by atoms with Crippen LogP contribution in [0.15, 0.2) is 115 Å². The largest absolute Gasteiger partial charge is 0.471 e. The standard InChI is InChI=1S/C23H15F3N6OS2/c24-23(25,26)19(33)27-17-13-7-8-14-18(17)31-32-20-28-21(34-15-9-3-1-4-10-15)30-22(29-20)35-16-11-5-2-6-12-16/h1-14H,(H,27,33). The molecule has 176 valence electrons. The molecule has 0 bridgehead atoms. The van der Waals surface area contributed by atoms with Crippen LogP contribution in [0.2, 0.25) is 0 Å². The fraction of sp³-hybridized carbons (Fsp3) is 0.0435. The van der Waals surface area contributed by atoms with E-state index in [4.69, 9.17) is 0 Å². The molecule has 35 heavy (non-hydrogen) atoms. The lowest BCUT2D eigenvalue weighted by Gasteiger charge is -2.09. The maximum Gasteiger partial charge on any atom is 0.471 e. The van der Waals surface area contributed by atoms with Crippen molar-refractivity contribution in [2.24, 2.45) is 10.2 Å². The van der Waals surface area contributed by atoms with Crippen molar-refractivity contribution in [3.63, 3.8) is 0 Å². The highest BCUT2D eigenvalue weighted by Crippen LogP contribution is 2.32. The van der Waals surface area contributed by atoms with Gasteiger partial charge in [-0.3, -0.25) is 4.79 Å². The van der Waals surface area contributed by atoms with Crippen molar-refractivity contribution in [1.82, 2.24) is 15.0 Å². The van der Waals surface area contributed by atoms with E-state index in [1.165, 1.54) is 41.7 Å². The normalized spacial score (nSPS) is 11.5. The number of halogens is 3. The predicted octanol–water partition coefficient (Wildman–Crippen LogP) is 7.09. The number of rotatable bonds is 7.